The minimum atomic E-state index is -0.218. The summed E-state index contributed by atoms with van der Waals surface area (Å²) in [6, 6.07) is 8.53. The molecule has 1 aliphatic heterocycles. The molecule has 17 heavy (non-hydrogen) atoms. The van der Waals surface area contributed by atoms with Crippen molar-refractivity contribution in [2.24, 2.45) is 0 Å². The number of hydrogen-bond donors (Lipinski definition) is 0. The summed E-state index contributed by atoms with van der Waals surface area (Å²) in [6.07, 6.45) is 2.52. The maximum atomic E-state index is 13.2. The van der Waals surface area contributed by atoms with Crippen LogP contribution in [-0.2, 0) is 6.42 Å². The zero-order chi connectivity index (χ0) is 11.8. The van der Waals surface area contributed by atoms with Gasteiger partial charge in [-0.3, -0.25) is 0 Å². The highest BCUT2D eigenvalue weighted by molar-refractivity contribution is 6.30. The number of rotatable bonds is 1. The molecule has 0 atom stereocenters. The number of aromatic nitrogens is 1. The van der Waals surface area contributed by atoms with Gasteiger partial charge in [-0.2, -0.15) is 0 Å². The quantitative estimate of drug-likeness (QED) is 0.767. The first-order valence-corrected chi connectivity index (χ1v) is 5.79. The molecular weight excluding hydrogens is 239 g/mol. The van der Waals surface area contributed by atoms with Crippen LogP contribution in [0.15, 0.2) is 36.5 Å². The van der Waals surface area contributed by atoms with Crippen LogP contribution in [0.3, 0.4) is 0 Å². The summed E-state index contributed by atoms with van der Waals surface area (Å²) in [5, 5.41) is 0.604. The van der Waals surface area contributed by atoms with E-state index >= 15 is 0 Å². The summed E-state index contributed by atoms with van der Waals surface area (Å²) in [6.45, 7) is 0.827. The molecule has 0 saturated heterocycles. The average Bonchev–Trinajstić information content (AvgIpc) is 2.73. The smallest absolute Gasteiger partial charge is 0.133 e. The van der Waals surface area contributed by atoms with E-state index in [1.807, 2.05) is 17.0 Å². The Morgan fingerprint density at radius 3 is 2.88 bits per heavy atom. The van der Waals surface area contributed by atoms with Crippen LogP contribution in [0.5, 0.6) is 0 Å². The fourth-order valence-electron chi connectivity index (χ4n) is 2.12. The zero-order valence-electron chi connectivity index (χ0n) is 9.03. The van der Waals surface area contributed by atoms with E-state index in [2.05, 4.69) is 4.98 Å². The van der Waals surface area contributed by atoms with Gasteiger partial charge in [0.15, 0.2) is 0 Å². The number of fused-ring (bicyclic) bond motifs is 1. The molecule has 2 nitrogen and oxygen atoms in total. The Morgan fingerprint density at radius 2 is 2.12 bits per heavy atom. The van der Waals surface area contributed by atoms with E-state index in [0.29, 0.717) is 5.02 Å². The van der Waals surface area contributed by atoms with Crippen LogP contribution in [0.4, 0.5) is 15.9 Å². The molecule has 2 heterocycles. The molecule has 2 aromatic rings. The predicted molar refractivity (Wildman–Crippen MR) is 66.4 cm³/mol. The van der Waals surface area contributed by atoms with Crippen molar-refractivity contribution in [3.8, 4) is 0 Å². The second kappa shape index (κ2) is 4.00. The van der Waals surface area contributed by atoms with Gasteiger partial charge in [-0.05, 0) is 36.2 Å². The zero-order valence-corrected chi connectivity index (χ0v) is 9.78. The molecule has 1 aromatic heterocycles. The molecule has 0 amide bonds. The van der Waals surface area contributed by atoms with Crippen LogP contribution in [0, 0.1) is 5.82 Å². The van der Waals surface area contributed by atoms with Gasteiger partial charge >= 0.3 is 0 Å². The van der Waals surface area contributed by atoms with Gasteiger partial charge in [-0.25, -0.2) is 9.37 Å². The average molecular weight is 249 g/mol. The van der Waals surface area contributed by atoms with Crippen LogP contribution in [0.25, 0.3) is 0 Å². The fourth-order valence-corrected chi connectivity index (χ4v) is 2.23. The molecule has 3 rings (SSSR count). The summed E-state index contributed by atoms with van der Waals surface area (Å²) in [5.41, 5.74) is 2.06. The van der Waals surface area contributed by atoms with E-state index in [9.17, 15) is 4.39 Å². The molecule has 0 saturated carbocycles. The molecule has 0 bridgehead atoms. The highest BCUT2D eigenvalue weighted by Gasteiger charge is 2.21. The lowest BCUT2D eigenvalue weighted by molar-refractivity contribution is 0.628. The highest BCUT2D eigenvalue weighted by atomic mass is 35.5. The summed E-state index contributed by atoms with van der Waals surface area (Å²) < 4.78 is 13.2. The third-order valence-electron chi connectivity index (χ3n) is 2.93. The molecular formula is C13H10ClFN2. The molecule has 1 aliphatic rings. The van der Waals surface area contributed by atoms with E-state index in [-0.39, 0.29) is 5.82 Å². The van der Waals surface area contributed by atoms with Crippen molar-refractivity contribution in [2.45, 2.75) is 6.42 Å². The summed E-state index contributed by atoms with van der Waals surface area (Å²) in [7, 11) is 0. The van der Waals surface area contributed by atoms with E-state index in [1.54, 1.807) is 18.3 Å². The van der Waals surface area contributed by atoms with E-state index in [0.717, 1.165) is 30.0 Å². The normalized spacial score (nSPS) is 13.9. The van der Waals surface area contributed by atoms with E-state index in [4.69, 9.17) is 11.6 Å². The van der Waals surface area contributed by atoms with Gasteiger partial charge in [-0.1, -0.05) is 17.7 Å². The Bertz CT molecular complexity index is 554. The predicted octanol–water partition coefficient (Wildman–Crippen LogP) is 3.57. The molecule has 0 aliphatic carbocycles. The third-order valence-corrected chi connectivity index (χ3v) is 3.15. The number of pyridine rings is 1. The monoisotopic (exact) mass is 248 g/mol. The maximum absolute atomic E-state index is 13.2. The first kappa shape index (κ1) is 10.5. The molecule has 0 radical (unpaired) electrons. The first-order chi connectivity index (χ1) is 8.24. The lowest BCUT2D eigenvalue weighted by Crippen LogP contribution is -2.14. The summed E-state index contributed by atoms with van der Waals surface area (Å²) >= 11 is 5.80. The van der Waals surface area contributed by atoms with Gasteiger partial charge in [0.25, 0.3) is 0 Å². The fraction of sp³-hybridized carbons (Fsp3) is 0.154. The van der Waals surface area contributed by atoms with E-state index < -0.39 is 0 Å². The first-order valence-electron chi connectivity index (χ1n) is 5.41. The SMILES string of the molecule is Fc1ccc2c(c1)N(c1ccc(Cl)cn1)CC2. The third kappa shape index (κ3) is 1.87. The number of anilines is 2. The van der Waals surface area contributed by atoms with Crippen molar-refractivity contribution in [3.63, 3.8) is 0 Å². The van der Waals surface area contributed by atoms with Crippen LogP contribution in [0.2, 0.25) is 5.02 Å². The standard InChI is InChI=1S/C13H10ClFN2/c14-10-2-4-13(16-8-10)17-6-5-9-1-3-11(15)7-12(9)17/h1-4,7-8H,5-6H2. The van der Waals surface area contributed by atoms with Gasteiger partial charge in [-0.15, -0.1) is 0 Å². The van der Waals surface area contributed by atoms with Crippen LogP contribution in [-0.4, -0.2) is 11.5 Å². The molecule has 0 spiro atoms. The second-order valence-corrected chi connectivity index (χ2v) is 4.45. The van der Waals surface area contributed by atoms with Crippen LogP contribution < -0.4 is 4.90 Å². The van der Waals surface area contributed by atoms with Gasteiger partial charge < -0.3 is 4.90 Å². The number of halogens is 2. The molecule has 4 heteroatoms. The molecule has 0 fully saturated rings. The van der Waals surface area contributed by atoms with Crippen molar-refractivity contribution < 1.29 is 4.39 Å². The summed E-state index contributed by atoms with van der Waals surface area (Å²) in [5.74, 6) is 0.586. The lowest BCUT2D eigenvalue weighted by Gasteiger charge is -2.18. The van der Waals surface area contributed by atoms with Crippen LogP contribution >= 0.6 is 11.6 Å². The maximum Gasteiger partial charge on any atom is 0.133 e. The van der Waals surface area contributed by atoms with Crippen LogP contribution in [0.1, 0.15) is 5.56 Å². The largest absolute Gasteiger partial charge is 0.326 e. The minimum absolute atomic E-state index is 0.218. The van der Waals surface area contributed by atoms with Gasteiger partial charge in [0.1, 0.15) is 11.6 Å². The van der Waals surface area contributed by atoms with Crippen molar-refractivity contribution in [1.82, 2.24) is 4.98 Å². The number of benzene rings is 1. The Morgan fingerprint density at radius 1 is 1.24 bits per heavy atom. The van der Waals surface area contributed by atoms with E-state index in [1.165, 1.54) is 6.07 Å². The lowest BCUT2D eigenvalue weighted by atomic mass is 10.2. The Balaban J connectivity index is 2.03. The Labute approximate surface area is 104 Å². The topological polar surface area (TPSA) is 16.1 Å². The second-order valence-electron chi connectivity index (χ2n) is 4.01. The number of hydrogen-bond acceptors (Lipinski definition) is 2. The Kier molecular flexibility index (Phi) is 2.48. The van der Waals surface area contributed by atoms with Gasteiger partial charge in [0.2, 0.25) is 0 Å². The number of nitrogens with zero attached hydrogens (tertiary/aromatic N) is 2. The summed E-state index contributed by atoms with van der Waals surface area (Å²) in [4.78, 5) is 6.27. The minimum Gasteiger partial charge on any atom is -0.326 e. The highest BCUT2D eigenvalue weighted by Crippen LogP contribution is 2.34. The van der Waals surface area contributed by atoms with Gasteiger partial charge in [0, 0.05) is 18.4 Å². The van der Waals surface area contributed by atoms with Crippen molar-refractivity contribution in [3.05, 3.63) is 52.9 Å². The molecule has 0 unspecified atom stereocenters. The molecule has 0 N–H and O–H groups in total. The van der Waals surface area contributed by atoms with Gasteiger partial charge in [0.05, 0.1) is 5.02 Å². The Hall–Kier alpha value is -1.61. The van der Waals surface area contributed by atoms with Crippen molar-refractivity contribution in [2.75, 3.05) is 11.4 Å². The van der Waals surface area contributed by atoms with Crippen molar-refractivity contribution in [1.29, 1.82) is 0 Å². The molecule has 1 aromatic carbocycles. The molecule has 86 valence electrons. The van der Waals surface area contributed by atoms with Crippen molar-refractivity contribution >= 4 is 23.1 Å².